The molecule has 1 aromatic carbocycles. The van der Waals surface area contributed by atoms with Gasteiger partial charge in [-0.05, 0) is 43.4 Å². The molecule has 102 valence electrons. The molecule has 1 aliphatic rings. The van der Waals surface area contributed by atoms with Crippen LogP contribution in [-0.4, -0.2) is 0 Å². The van der Waals surface area contributed by atoms with E-state index >= 15 is 0 Å². The number of rotatable bonds is 1. The summed E-state index contributed by atoms with van der Waals surface area (Å²) in [5.74, 6) is 0. The van der Waals surface area contributed by atoms with Crippen molar-refractivity contribution in [2.45, 2.75) is 32.1 Å². The Morgan fingerprint density at radius 2 is 1.70 bits per heavy atom. The number of pyridine rings is 1. The highest BCUT2D eigenvalue weighted by Crippen LogP contribution is 2.28. The van der Waals surface area contributed by atoms with Gasteiger partial charge in [0.1, 0.15) is 7.05 Å². The SMILES string of the molecule is C[n+]1cccc2c1C(=Cc1ccccc1)CCCCC2. The Kier molecular flexibility index (Phi) is 3.96. The van der Waals surface area contributed by atoms with E-state index in [0.29, 0.717) is 0 Å². The third-order valence-electron chi connectivity index (χ3n) is 4.10. The van der Waals surface area contributed by atoms with Gasteiger partial charge in [-0.15, -0.1) is 0 Å². The number of aromatic nitrogens is 1. The third-order valence-corrected chi connectivity index (χ3v) is 4.10. The van der Waals surface area contributed by atoms with Gasteiger partial charge in [0.25, 0.3) is 0 Å². The van der Waals surface area contributed by atoms with Gasteiger partial charge in [-0.1, -0.05) is 36.8 Å². The summed E-state index contributed by atoms with van der Waals surface area (Å²) in [4.78, 5) is 0. The number of allylic oxidation sites excluding steroid dienone is 1. The zero-order valence-corrected chi connectivity index (χ0v) is 12.2. The van der Waals surface area contributed by atoms with Crippen LogP contribution in [0.25, 0.3) is 11.6 Å². The van der Waals surface area contributed by atoms with Crippen molar-refractivity contribution in [1.29, 1.82) is 0 Å². The molecule has 2 aromatic rings. The van der Waals surface area contributed by atoms with Gasteiger partial charge in [0.15, 0.2) is 6.20 Å². The summed E-state index contributed by atoms with van der Waals surface area (Å²) < 4.78 is 2.29. The van der Waals surface area contributed by atoms with E-state index in [1.807, 2.05) is 0 Å². The standard InChI is InChI=1S/C19H22N/c1-20-14-8-13-17-11-6-3-7-12-18(19(17)20)15-16-9-4-2-5-10-16/h2,4-5,8-10,13-15H,3,6-7,11-12H2,1H3/q+1. The Bertz CT molecular complexity index is 611. The van der Waals surface area contributed by atoms with Crippen LogP contribution in [0.4, 0.5) is 0 Å². The molecule has 20 heavy (non-hydrogen) atoms. The van der Waals surface area contributed by atoms with Crippen molar-refractivity contribution in [2.75, 3.05) is 0 Å². The lowest BCUT2D eigenvalue weighted by Gasteiger charge is -2.14. The van der Waals surface area contributed by atoms with E-state index in [-0.39, 0.29) is 0 Å². The second kappa shape index (κ2) is 6.04. The van der Waals surface area contributed by atoms with Gasteiger partial charge in [0.2, 0.25) is 5.69 Å². The summed E-state index contributed by atoms with van der Waals surface area (Å²) in [6, 6.07) is 15.1. The van der Waals surface area contributed by atoms with Crippen LogP contribution >= 0.6 is 0 Å². The Balaban J connectivity index is 2.09. The largest absolute Gasteiger partial charge is 0.211 e. The molecule has 0 saturated carbocycles. The quantitative estimate of drug-likeness (QED) is 0.681. The molecule has 1 aromatic heterocycles. The summed E-state index contributed by atoms with van der Waals surface area (Å²) in [7, 11) is 2.17. The van der Waals surface area contributed by atoms with Gasteiger partial charge in [0.05, 0.1) is 0 Å². The lowest BCUT2D eigenvalue weighted by molar-refractivity contribution is -0.674. The van der Waals surface area contributed by atoms with Crippen LogP contribution in [0.1, 0.15) is 42.5 Å². The number of hydrogen-bond donors (Lipinski definition) is 0. The molecule has 1 aliphatic carbocycles. The Morgan fingerprint density at radius 1 is 0.900 bits per heavy atom. The fourth-order valence-electron chi connectivity index (χ4n) is 3.12. The summed E-state index contributed by atoms with van der Waals surface area (Å²) >= 11 is 0. The molecule has 0 amide bonds. The molecule has 3 rings (SSSR count). The van der Waals surface area contributed by atoms with Crippen LogP contribution in [0, 0.1) is 0 Å². The molecule has 1 heterocycles. The van der Waals surface area contributed by atoms with Gasteiger partial charge in [0, 0.05) is 17.2 Å². The summed E-state index contributed by atoms with van der Waals surface area (Å²) in [6.45, 7) is 0. The van der Waals surface area contributed by atoms with Gasteiger partial charge in [-0.2, -0.15) is 0 Å². The van der Waals surface area contributed by atoms with Crippen LogP contribution in [0.15, 0.2) is 48.7 Å². The second-order valence-electron chi connectivity index (χ2n) is 5.63. The van der Waals surface area contributed by atoms with E-state index in [1.54, 1.807) is 0 Å². The molecule has 1 heteroatoms. The van der Waals surface area contributed by atoms with Crippen molar-refractivity contribution in [3.63, 3.8) is 0 Å². The van der Waals surface area contributed by atoms with Crippen LogP contribution in [-0.2, 0) is 13.5 Å². The fourth-order valence-corrected chi connectivity index (χ4v) is 3.12. The average molecular weight is 264 g/mol. The number of benzene rings is 1. The normalized spacial score (nSPS) is 17.4. The predicted octanol–water partition coefficient (Wildman–Crippen LogP) is 4.17. The molecule has 0 atom stereocenters. The van der Waals surface area contributed by atoms with Gasteiger partial charge < -0.3 is 0 Å². The highest BCUT2D eigenvalue weighted by Gasteiger charge is 2.19. The molecule has 0 bridgehead atoms. The zero-order valence-electron chi connectivity index (χ0n) is 12.2. The maximum absolute atomic E-state index is 2.37. The van der Waals surface area contributed by atoms with E-state index in [4.69, 9.17) is 0 Å². The Morgan fingerprint density at radius 3 is 2.55 bits per heavy atom. The maximum atomic E-state index is 2.37. The van der Waals surface area contributed by atoms with E-state index in [1.165, 1.54) is 54.5 Å². The molecule has 0 spiro atoms. The third kappa shape index (κ3) is 2.82. The smallest absolute Gasteiger partial charge is 0.201 e. The van der Waals surface area contributed by atoms with Crippen molar-refractivity contribution in [1.82, 2.24) is 0 Å². The van der Waals surface area contributed by atoms with Gasteiger partial charge >= 0.3 is 0 Å². The fraction of sp³-hybridized carbons (Fsp3) is 0.316. The number of fused-ring (bicyclic) bond motifs is 1. The van der Waals surface area contributed by atoms with Crippen molar-refractivity contribution in [3.8, 4) is 0 Å². The lowest BCUT2D eigenvalue weighted by Crippen LogP contribution is -2.34. The predicted molar refractivity (Wildman–Crippen MR) is 84.1 cm³/mol. The van der Waals surface area contributed by atoms with Crippen molar-refractivity contribution in [3.05, 3.63) is 65.5 Å². The lowest BCUT2D eigenvalue weighted by atomic mass is 9.92. The first kappa shape index (κ1) is 13.1. The van der Waals surface area contributed by atoms with Crippen molar-refractivity contribution >= 4 is 11.6 Å². The molecule has 0 saturated heterocycles. The van der Waals surface area contributed by atoms with Crippen LogP contribution in [0.2, 0.25) is 0 Å². The number of aryl methyl sites for hydroxylation is 2. The first-order chi connectivity index (χ1) is 9.84. The monoisotopic (exact) mass is 264 g/mol. The van der Waals surface area contributed by atoms with Crippen molar-refractivity contribution < 1.29 is 4.57 Å². The van der Waals surface area contributed by atoms with Crippen molar-refractivity contribution in [2.24, 2.45) is 7.05 Å². The molecule has 0 unspecified atom stereocenters. The summed E-state index contributed by atoms with van der Waals surface area (Å²) in [5.41, 5.74) is 5.71. The van der Waals surface area contributed by atoms with E-state index < -0.39 is 0 Å². The van der Waals surface area contributed by atoms with E-state index in [2.05, 4.69) is 66.4 Å². The molecular weight excluding hydrogens is 242 g/mol. The first-order valence-electron chi connectivity index (χ1n) is 7.58. The highest BCUT2D eigenvalue weighted by atomic mass is 14.9. The van der Waals surface area contributed by atoms with Gasteiger partial charge in [-0.3, -0.25) is 0 Å². The van der Waals surface area contributed by atoms with E-state index in [0.717, 1.165) is 0 Å². The van der Waals surface area contributed by atoms with Crippen LogP contribution in [0.3, 0.4) is 0 Å². The molecular formula is C19H22N+. The summed E-state index contributed by atoms with van der Waals surface area (Å²) in [5, 5.41) is 0. The Hall–Kier alpha value is -1.89. The van der Waals surface area contributed by atoms with E-state index in [9.17, 15) is 0 Å². The molecule has 0 aliphatic heterocycles. The zero-order chi connectivity index (χ0) is 13.8. The number of nitrogens with zero attached hydrogens (tertiary/aromatic N) is 1. The average Bonchev–Trinajstić information content (AvgIpc) is 2.44. The highest BCUT2D eigenvalue weighted by molar-refractivity contribution is 5.80. The van der Waals surface area contributed by atoms with Gasteiger partial charge in [-0.25, -0.2) is 4.57 Å². The molecule has 0 radical (unpaired) electrons. The molecule has 0 N–H and O–H groups in total. The van der Waals surface area contributed by atoms with Crippen LogP contribution < -0.4 is 4.57 Å². The second-order valence-corrected chi connectivity index (χ2v) is 5.63. The summed E-state index contributed by atoms with van der Waals surface area (Å²) in [6.07, 6.45) is 10.9. The maximum Gasteiger partial charge on any atom is 0.211 e. The minimum Gasteiger partial charge on any atom is -0.201 e. The number of hydrogen-bond acceptors (Lipinski definition) is 0. The topological polar surface area (TPSA) is 3.88 Å². The minimum absolute atomic E-state index is 1.18. The molecule has 0 fully saturated rings. The Labute approximate surface area is 121 Å². The minimum atomic E-state index is 1.18. The van der Waals surface area contributed by atoms with Crippen LogP contribution in [0.5, 0.6) is 0 Å². The first-order valence-corrected chi connectivity index (χ1v) is 7.58. The molecule has 1 nitrogen and oxygen atoms in total.